The molecule has 1 N–H and O–H groups in total. The van der Waals surface area contributed by atoms with Crippen LogP contribution >= 0.6 is 0 Å². The molecule has 6 heteroatoms. The molecule has 1 aliphatic rings. The van der Waals surface area contributed by atoms with Gasteiger partial charge in [-0.05, 0) is 24.2 Å². The molecule has 2 heterocycles. The number of aromatic nitrogens is 1. The molecule has 3 rings (SSSR count). The fraction of sp³-hybridized carbons (Fsp3) is 0.333. The Bertz CT molecular complexity index is 740. The zero-order valence-corrected chi connectivity index (χ0v) is 13.0. The fourth-order valence-corrected chi connectivity index (χ4v) is 4.19. The van der Waals surface area contributed by atoms with Crippen molar-refractivity contribution in [3.8, 4) is 0 Å². The number of aryl methyl sites for hydroxylation is 1. The van der Waals surface area contributed by atoms with E-state index in [0.29, 0.717) is 24.5 Å². The van der Waals surface area contributed by atoms with E-state index in [-0.39, 0.29) is 0 Å². The SMILES string of the molecule is CNCc1cc(S(=O)(=O)N2Cc3ccccc3C2)cn1C. The van der Waals surface area contributed by atoms with Crippen molar-refractivity contribution < 1.29 is 8.42 Å². The predicted molar refractivity (Wildman–Crippen MR) is 81.1 cm³/mol. The molecule has 0 amide bonds. The zero-order valence-electron chi connectivity index (χ0n) is 12.2. The van der Waals surface area contributed by atoms with Crippen LogP contribution in [0.1, 0.15) is 16.8 Å². The van der Waals surface area contributed by atoms with Crippen molar-refractivity contribution in [3.05, 3.63) is 53.3 Å². The molecular formula is C15H19N3O2S. The second kappa shape index (κ2) is 5.29. The molecule has 5 nitrogen and oxygen atoms in total. The van der Waals surface area contributed by atoms with Gasteiger partial charge in [0.1, 0.15) is 4.90 Å². The number of nitrogens with one attached hydrogen (secondary N) is 1. The van der Waals surface area contributed by atoms with E-state index < -0.39 is 10.0 Å². The summed E-state index contributed by atoms with van der Waals surface area (Å²) in [7, 11) is 0.269. The first-order valence-corrected chi connectivity index (χ1v) is 8.33. The number of hydrogen-bond donors (Lipinski definition) is 1. The molecule has 0 unspecified atom stereocenters. The minimum Gasteiger partial charge on any atom is -0.352 e. The molecule has 21 heavy (non-hydrogen) atoms. The average Bonchev–Trinajstić information content (AvgIpc) is 3.04. The molecule has 0 fully saturated rings. The summed E-state index contributed by atoms with van der Waals surface area (Å²) in [5.74, 6) is 0. The molecule has 0 aliphatic carbocycles. The highest BCUT2D eigenvalue weighted by atomic mass is 32.2. The lowest BCUT2D eigenvalue weighted by atomic mass is 10.1. The minimum absolute atomic E-state index is 0.364. The van der Waals surface area contributed by atoms with Crippen LogP contribution in [0, 0.1) is 0 Å². The highest BCUT2D eigenvalue weighted by Crippen LogP contribution is 2.29. The summed E-state index contributed by atoms with van der Waals surface area (Å²) in [5, 5.41) is 3.04. The number of sulfonamides is 1. The van der Waals surface area contributed by atoms with E-state index in [0.717, 1.165) is 16.8 Å². The van der Waals surface area contributed by atoms with Gasteiger partial charge in [-0.3, -0.25) is 0 Å². The third kappa shape index (κ3) is 2.50. The third-order valence-electron chi connectivity index (χ3n) is 3.89. The van der Waals surface area contributed by atoms with Crippen molar-refractivity contribution in [3.63, 3.8) is 0 Å². The Labute approximate surface area is 125 Å². The maximum absolute atomic E-state index is 12.8. The third-order valence-corrected chi connectivity index (χ3v) is 5.65. The highest BCUT2D eigenvalue weighted by Gasteiger charge is 2.31. The molecule has 112 valence electrons. The Kier molecular flexibility index (Phi) is 3.61. The van der Waals surface area contributed by atoms with Crippen LogP contribution in [0.3, 0.4) is 0 Å². The van der Waals surface area contributed by atoms with Gasteiger partial charge in [-0.25, -0.2) is 8.42 Å². The lowest BCUT2D eigenvalue weighted by molar-refractivity contribution is 0.431. The first-order valence-electron chi connectivity index (χ1n) is 6.89. The van der Waals surface area contributed by atoms with Crippen molar-refractivity contribution in [2.75, 3.05) is 7.05 Å². The van der Waals surface area contributed by atoms with Crippen LogP contribution in [-0.4, -0.2) is 24.3 Å². The molecule has 1 aromatic heterocycles. The molecule has 0 atom stereocenters. The predicted octanol–water partition coefficient (Wildman–Crippen LogP) is 1.45. The number of rotatable bonds is 4. The normalized spacial score (nSPS) is 15.3. The molecule has 1 aromatic carbocycles. The van der Waals surface area contributed by atoms with E-state index in [1.165, 1.54) is 4.31 Å². The maximum atomic E-state index is 12.8. The van der Waals surface area contributed by atoms with Crippen molar-refractivity contribution in [2.24, 2.45) is 7.05 Å². The summed E-state index contributed by atoms with van der Waals surface area (Å²) in [6.07, 6.45) is 1.69. The molecule has 1 aliphatic heterocycles. The summed E-state index contributed by atoms with van der Waals surface area (Å²) in [6.45, 7) is 1.55. The van der Waals surface area contributed by atoms with E-state index in [4.69, 9.17) is 0 Å². The van der Waals surface area contributed by atoms with Gasteiger partial charge >= 0.3 is 0 Å². The maximum Gasteiger partial charge on any atom is 0.245 e. The van der Waals surface area contributed by atoms with E-state index in [9.17, 15) is 8.42 Å². The standard InChI is InChI=1S/C15H19N3O2S/c1-16-8-14-7-15(11-17(14)2)21(19,20)18-9-12-5-3-4-6-13(12)10-18/h3-7,11,16H,8-10H2,1-2H3. The molecule has 0 radical (unpaired) electrons. The zero-order chi connectivity index (χ0) is 15.0. The van der Waals surface area contributed by atoms with Gasteiger partial charge in [-0.15, -0.1) is 0 Å². The number of hydrogen-bond acceptors (Lipinski definition) is 3. The number of nitrogens with zero attached hydrogens (tertiary/aromatic N) is 2. The summed E-state index contributed by atoms with van der Waals surface area (Å²) in [6, 6.07) is 9.62. The molecule has 0 bridgehead atoms. The quantitative estimate of drug-likeness (QED) is 0.930. The molecule has 0 saturated carbocycles. The first kappa shape index (κ1) is 14.3. The Hall–Kier alpha value is -1.63. The summed E-state index contributed by atoms with van der Waals surface area (Å²) >= 11 is 0. The lowest BCUT2D eigenvalue weighted by Crippen LogP contribution is -2.25. The first-order chi connectivity index (χ1) is 10.0. The smallest absolute Gasteiger partial charge is 0.245 e. The second-order valence-corrected chi connectivity index (χ2v) is 7.29. The van der Waals surface area contributed by atoms with Gasteiger partial charge in [-0.2, -0.15) is 4.31 Å². The second-order valence-electron chi connectivity index (χ2n) is 5.35. The molecule has 2 aromatic rings. The van der Waals surface area contributed by atoms with E-state index >= 15 is 0 Å². The Morgan fingerprint density at radius 1 is 1.19 bits per heavy atom. The van der Waals surface area contributed by atoms with E-state index in [1.807, 2.05) is 42.9 Å². The molecular weight excluding hydrogens is 286 g/mol. The highest BCUT2D eigenvalue weighted by molar-refractivity contribution is 7.89. The van der Waals surface area contributed by atoms with Crippen LogP contribution < -0.4 is 5.32 Å². The van der Waals surface area contributed by atoms with Crippen LogP contribution in [0.2, 0.25) is 0 Å². The number of fused-ring (bicyclic) bond motifs is 1. The average molecular weight is 305 g/mol. The van der Waals surface area contributed by atoms with Gasteiger partial charge in [0.15, 0.2) is 0 Å². The number of benzene rings is 1. The van der Waals surface area contributed by atoms with Gasteiger partial charge in [0.05, 0.1) is 0 Å². The van der Waals surface area contributed by atoms with Gasteiger partial charge in [0.25, 0.3) is 0 Å². The Balaban J connectivity index is 1.90. The van der Waals surface area contributed by atoms with E-state index in [1.54, 1.807) is 12.3 Å². The van der Waals surface area contributed by atoms with Crippen molar-refractivity contribution in [1.29, 1.82) is 0 Å². The van der Waals surface area contributed by atoms with Crippen molar-refractivity contribution in [2.45, 2.75) is 24.5 Å². The van der Waals surface area contributed by atoms with Crippen molar-refractivity contribution in [1.82, 2.24) is 14.2 Å². The monoisotopic (exact) mass is 305 g/mol. The van der Waals surface area contributed by atoms with E-state index in [2.05, 4.69) is 5.32 Å². The fourth-order valence-electron chi connectivity index (χ4n) is 2.70. The topological polar surface area (TPSA) is 54.3 Å². The Morgan fingerprint density at radius 2 is 1.81 bits per heavy atom. The lowest BCUT2D eigenvalue weighted by Gasteiger charge is -2.14. The summed E-state index contributed by atoms with van der Waals surface area (Å²) < 4.78 is 28.9. The summed E-state index contributed by atoms with van der Waals surface area (Å²) in [4.78, 5) is 0.364. The van der Waals surface area contributed by atoms with Gasteiger partial charge < -0.3 is 9.88 Å². The van der Waals surface area contributed by atoms with Gasteiger partial charge in [0.2, 0.25) is 10.0 Å². The minimum atomic E-state index is -3.44. The molecule has 0 saturated heterocycles. The summed E-state index contributed by atoms with van der Waals surface area (Å²) in [5.41, 5.74) is 3.13. The molecule has 0 spiro atoms. The Morgan fingerprint density at radius 3 is 2.38 bits per heavy atom. The van der Waals surface area contributed by atoms with Crippen LogP contribution in [-0.2, 0) is 36.7 Å². The van der Waals surface area contributed by atoms with Crippen LogP contribution in [0.4, 0.5) is 0 Å². The van der Waals surface area contributed by atoms with Crippen LogP contribution in [0.5, 0.6) is 0 Å². The van der Waals surface area contributed by atoms with Crippen LogP contribution in [0.25, 0.3) is 0 Å². The van der Waals surface area contributed by atoms with Gasteiger partial charge in [0, 0.05) is 38.6 Å². The van der Waals surface area contributed by atoms with Crippen molar-refractivity contribution >= 4 is 10.0 Å². The van der Waals surface area contributed by atoms with Gasteiger partial charge in [-0.1, -0.05) is 24.3 Å². The largest absolute Gasteiger partial charge is 0.352 e. The van der Waals surface area contributed by atoms with Crippen LogP contribution in [0.15, 0.2) is 41.4 Å².